The molecule has 3 rings (SSSR count). The zero-order chi connectivity index (χ0) is 18.4. The number of hydrogen-bond donors (Lipinski definition) is 2. The molecule has 0 saturated heterocycles. The molecule has 2 aromatic heterocycles. The van der Waals surface area contributed by atoms with Crippen LogP contribution in [0.25, 0.3) is 10.2 Å². The third-order valence-electron chi connectivity index (χ3n) is 3.59. The molecule has 0 radical (unpaired) electrons. The highest BCUT2D eigenvalue weighted by atomic mass is 35.5. The van der Waals surface area contributed by atoms with Crippen LogP contribution < -0.4 is 11.1 Å². The molecule has 0 aliphatic carbocycles. The molecule has 3 aromatic rings. The lowest BCUT2D eigenvalue weighted by molar-refractivity contribution is -0.137. The highest BCUT2D eigenvalue weighted by molar-refractivity contribution is 7.21. The second-order valence-electron chi connectivity index (χ2n) is 5.30. The van der Waals surface area contributed by atoms with Crippen LogP contribution in [0, 0.1) is 6.92 Å². The number of aryl methyl sites for hydroxylation is 1. The number of nitrogen functional groups attached to an aromatic ring is 1. The Bertz CT molecular complexity index is 985. The first-order valence-corrected chi connectivity index (χ1v) is 8.19. The highest BCUT2D eigenvalue weighted by Gasteiger charge is 2.31. The van der Waals surface area contributed by atoms with Gasteiger partial charge < -0.3 is 11.1 Å². The van der Waals surface area contributed by atoms with Gasteiger partial charge in [0, 0.05) is 11.6 Å². The van der Waals surface area contributed by atoms with Gasteiger partial charge in [0.25, 0.3) is 5.91 Å². The van der Waals surface area contributed by atoms with Crippen molar-refractivity contribution < 1.29 is 18.0 Å². The maximum absolute atomic E-state index is 12.8. The molecule has 1 aromatic carbocycles. The van der Waals surface area contributed by atoms with Gasteiger partial charge in [-0.15, -0.1) is 11.3 Å². The second kappa shape index (κ2) is 6.20. The molecule has 0 aliphatic rings. The van der Waals surface area contributed by atoms with Crippen molar-refractivity contribution in [3.8, 4) is 0 Å². The van der Waals surface area contributed by atoms with Gasteiger partial charge in [-0.25, -0.2) is 4.98 Å². The number of benzene rings is 1. The molecule has 2 heterocycles. The van der Waals surface area contributed by atoms with Crippen LogP contribution in [0.1, 0.15) is 20.8 Å². The summed E-state index contributed by atoms with van der Waals surface area (Å²) in [5, 5.41) is 3.05. The lowest BCUT2D eigenvalue weighted by Crippen LogP contribution is -2.13. The summed E-state index contributed by atoms with van der Waals surface area (Å²) in [5.41, 5.74) is 6.08. The van der Waals surface area contributed by atoms with Crippen molar-refractivity contribution in [2.75, 3.05) is 11.1 Å². The number of carbonyl (C=O) groups is 1. The lowest BCUT2D eigenvalue weighted by atomic mass is 10.1. The Morgan fingerprint density at radius 2 is 2.04 bits per heavy atom. The predicted octanol–water partition coefficient (Wildman–Crippen LogP) is 5.11. The number of alkyl halides is 3. The van der Waals surface area contributed by atoms with Crippen molar-refractivity contribution in [2.45, 2.75) is 13.1 Å². The SMILES string of the molecule is Cc1ccnc2sc(C(=O)Nc3cc(C(F)(F)F)ccc3Cl)c(N)c12. The quantitative estimate of drug-likeness (QED) is 0.644. The lowest BCUT2D eigenvalue weighted by Gasteiger charge is -2.11. The number of amides is 1. The molecule has 130 valence electrons. The Balaban J connectivity index is 1.99. The standard InChI is InChI=1S/C16H11ClF3N3OS/c1-7-4-5-22-15-11(7)12(21)13(25-15)14(24)23-10-6-8(16(18,19)20)2-3-9(10)17/h2-6H,21H2,1H3,(H,23,24). The minimum Gasteiger partial charge on any atom is -0.397 e. The Labute approximate surface area is 149 Å². The number of aromatic nitrogens is 1. The Kier molecular flexibility index (Phi) is 4.34. The van der Waals surface area contributed by atoms with E-state index in [9.17, 15) is 18.0 Å². The number of carbonyl (C=O) groups excluding carboxylic acids is 1. The van der Waals surface area contributed by atoms with Crippen LogP contribution in [-0.4, -0.2) is 10.9 Å². The van der Waals surface area contributed by atoms with Crippen LogP contribution >= 0.6 is 22.9 Å². The molecule has 9 heteroatoms. The smallest absolute Gasteiger partial charge is 0.397 e. The summed E-state index contributed by atoms with van der Waals surface area (Å²) < 4.78 is 38.5. The van der Waals surface area contributed by atoms with E-state index in [2.05, 4.69) is 10.3 Å². The molecule has 0 fully saturated rings. The van der Waals surface area contributed by atoms with Crippen LogP contribution in [0.3, 0.4) is 0 Å². The third-order valence-corrected chi connectivity index (χ3v) is 5.03. The Morgan fingerprint density at radius 1 is 1.32 bits per heavy atom. The molecule has 0 unspecified atom stereocenters. The van der Waals surface area contributed by atoms with Gasteiger partial charge >= 0.3 is 6.18 Å². The molecular formula is C16H11ClF3N3OS. The summed E-state index contributed by atoms with van der Waals surface area (Å²) in [6.07, 6.45) is -2.94. The summed E-state index contributed by atoms with van der Waals surface area (Å²) in [7, 11) is 0. The van der Waals surface area contributed by atoms with E-state index in [1.165, 1.54) is 0 Å². The van der Waals surface area contributed by atoms with E-state index in [-0.39, 0.29) is 21.3 Å². The van der Waals surface area contributed by atoms with Gasteiger partial charge in [-0.05, 0) is 36.8 Å². The van der Waals surface area contributed by atoms with Crippen molar-refractivity contribution in [2.24, 2.45) is 0 Å². The molecule has 0 spiro atoms. The molecular weight excluding hydrogens is 375 g/mol. The first-order valence-electron chi connectivity index (χ1n) is 7.00. The van der Waals surface area contributed by atoms with Gasteiger partial charge in [0.05, 0.1) is 22.0 Å². The van der Waals surface area contributed by atoms with Crippen molar-refractivity contribution in [3.05, 3.63) is 51.5 Å². The summed E-state index contributed by atoms with van der Waals surface area (Å²) in [5.74, 6) is -0.638. The molecule has 0 saturated carbocycles. The van der Waals surface area contributed by atoms with Crippen LogP contribution in [0.4, 0.5) is 24.5 Å². The van der Waals surface area contributed by atoms with E-state index in [4.69, 9.17) is 17.3 Å². The van der Waals surface area contributed by atoms with Gasteiger partial charge in [0.15, 0.2) is 0 Å². The average molecular weight is 386 g/mol. The van der Waals surface area contributed by atoms with Gasteiger partial charge in [-0.1, -0.05) is 11.6 Å². The van der Waals surface area contributed by atoms with E-state index >= 15 is 0 Å². The maximum Gasteiger partial charge on any atom is 0.416 e. The van der Waals surface area contributed by atoms with Gasteiger partial charge in [-0.2, -0.15) is 13.2 Å². The number of hydrogen-bond acceptors (Lipinski definition) is 4. The number of fused-ring (bicyclic) bond motifs is 1. The monoisotopic (exact) mass is 385 g/mol. The number of nitrogens with two attached hydrogens (primary N) is 1. The predicted molar refractivity (Wildman–Crippen MR) is 93.2 cm³/mol. The second-order valence-corrected chi connectivity index (χ2v) is 6.71. The van der Waals surface area contributed by atoms with Gasteiger partial charge in [0.2, 0.25) is 0 Å². The number of pyridine rings is 1. The number of nitrogens with zero attached hydrogens (tertiary/aromatic N) is 1. The number of thiophene rings is 1. The number of nitrogens with one attached hydrogen (secondary N) is 1. The summed E-state index contributed by atoms with van der Waals surface area (Å²) in [6.45, 7) is 1.83. The molecule has 1 amide bonds. The van der Waals surface area contributed by atoms with Crippen molar-refractivity contribution in [3.63, 3.8) is 0 Å². The molecule has 3 N–H and O–H groups in total. The third kappa shape index (κ3) is 3.27. The molecule has 25 heavy (non-hydrogen) atoms. The van der Waals surface area contributed by atoms with E-state index < -0.39 is 17.6 Å². The normalized spacial score (nSPS) is 11.7. The van der Waals surface area contributed by atoms with E-state index in [1.807, 2.05) is 6.92 Å². The van der Waals surface area contributed by atoms with Crippen LogP contribution in [0.5, 0.6) is 0 Å². The topological polar surface area (TPSA) is 68.0 Å². The minimum atomic E-state index is -4.54. The van der Waals surface area contributed by atoms with Crippen molar-refractivity contribution >= 4 is 50.4 Å². The summed E-state index contributed by atoms with van der Waals surface area (Å²) >= 11 is 6.97. The van der Waals surface area contributed by atoms with Gasteiger partial charge in [0.1, 0.15) is 9.71 Å². The van der Waals surface area contributed by atoms with E-state index in [0.29, 0.717) is 10.2 Å². The maximum atomic E-state index is 12.8. The molecule has 4 nitrogen and oxygen atoms in total. The fourth-order valence-corrected chi connectivity index (χ4v) is 3.55. The van der Waals surface area contributed by atoms with Crippen molar-refractivity contribution in [1.82, 2.24) is 4.98 Å². The zero-order valence-corrected chi connectivity index (χ0v) is 14.3. The Hall–Kier alpha value is -2.32. The summed E-state index contributed by atoms with van der Waals surface area (Å²) in [6, 6.07) is 4.48. The average Bonchev–Trinajstić information content (AvgIpc) is 2.87. The van der Waals surface area contributed by atoms with Gasteiger partial charge in [-0.3, -0.25) is 4.79 Å². The summed E-state index contributed by atoms with van der Waals surface area (Å²) in [4.78, 5) is 17.4. The van der Waals surface area contributed by atoms with E-state index in [0.717, 1.165) is 35.1 Å². The first-order chi connectivity index (χ1) is 11.7. The molecule has 0 bridgehead atoms. The number of anilines is 2. The molecule has 0 atom stereocenters. The first kappa shape index (κ1) is 17.5. The van der Waals surface area contributed by atoms with Crippen molar-refractivity contribution in [1.29, 1.82) is 0 Å². The minimum absolute atomic E-state index is 0.00432. The Morgan fingerprint density at radius 3 is 2.68 bits per heavy atom. The number of halogens is 4. The fourth-order valence-electron chi connectivity index (χ4n) is 2.35. The fraction of sp³-hybridized carbons (Fsp3) is 0.125. The van der Waals surface area contributed by atoms with Crippen LogP contribution in [-0.2, 0) is 6.18 Å². The van der Waals surface area contributed by atoms with Crippen LogP contribution in [0.2, 0.25) is 5.02 Å². The van der Waals surface area contributed by atoms with E-state index in [1.54, 1.807) is 12.3 Å². The highest BCUT2D eigenvalue weighted by Crippen LogP contribution is 2.37. The largest absolute Gasteiger partial charge is 0.416 e. The molecule has 0 aliphatic heterocycles. The van der Waals surface area contributed by atoms with Crippen LogP contribution in [0.15, 0.2) is 30.5 Å². The zero-order valence-electron chi connectivity index (χ0n) is 12.7. The number of rotatable bonds is 2.